The summed E-state index contributed by atoms with van der Waals surface area (Å²) in [5.74, 6) is -0.169. The number of carbonyl (C=O) groups is 2. The lowest BCUT2D eigenvalue weighted by Gasteiger charge is -2.20. The summed E-state index contributed by atoms with van der Waals surface area (Å²) in [7, 11) is 0. The Balaban J connectivity index is 2.56. The minimum absolute atomic E-state index is 0.0249. The Morgan fingerprint density at radius 2 is 1.85 bits per heavy atom. The highest BCUT2D eigenvalue weighted by Gasteiger charge is 2.13. The van der Waals surface area contributed by atoms with Crippen LogP contribution in [0.15, 0.2) is 24.3 Å². The number of hydrogen-bond donors (Lipinski definition) is 1. The summed E-state index contributed by atoms with van der Waals surface area (Å²) < 4.78 is 5.34. The summed E-state index contributed by atoms with van der Waals surface area (Å²) in [6, 6.07) is 7.38. The van der Waals surface area contributed by atoms with Crippen molar-refractivity contribution in [3.63, 3.8) is 0 Å². The van der Waals surface area contributed by atoms with E-state index >= 15 is 0 Å². The van der Waals surface area contributed by atoms with Crippen LogP contribution in [0.3, 0.4) is 0 Å². The molecule has 0 radical (unpaired) electrons. The Hall–Kier alpha value is -2.04. The fourth-order valence-corrected chi connectivity index (χ4v) is 1.85. The van der Waals surface area contributed by atoms with Crippen LogP contribution in [-0.2, 0) is 16.0 Å². The largest absolute Gasteiger partial charge is 0.494 e. The molecule has 0 fully saturated rings. The van der Waals surface area contributed by atoms with E-state index < -0.39 is 5.97 Å². The predicted molar refractivity (Wildman–Crippen MR) is 75.8 cm³/mol. The molecule has 0 heterocycles. The summed E-state index contributed by atoms with van der Waals surface area (Å²) in [4.78, 5) is 24.2. The lowest BCUT2D eigenvalue weighted by Crippen LogP contribution is -2.33. The summed E-state index contributed by atoms with van der Waals surface area (Å²) in [5.41, 5.74) is 0.896. The van der Waals surface area contributed by atoms with Crippen LogP contribution < -0.4 is 4.74 Å². The van der Waals surface area contributed by atoms with Crippen molar-refractivity contribution in [3.05, 3.63) is 29.8 Å². The fraction of sp³-hybridized carbons (Fsp3) is 0.467. The van der Waals surface area contributed by atoms with E-state index in [-0.39, 0.29) is 25.3 Å². The van der Waals surface area contributed by atoms with Crippen molar-refractivity contribution in [2.75, 3.05) is 19.7 Å². The van der Waals surface area contributed by atoms with Crippen molar-refractivity contribution in [1.82, 2.24) is 4.90 Å². The number of likely N-dealkylation sites (N-methyl/N-ethyl adjacent to an activating group) is 1. The maximum absolute atomic E-state index is 12.1. The lowest BCUT2D eigenvalue weighted by atomic mass is 10.1. The molecule has 0 spiro atoms. The third-order valence-electron chi connectivity index (χ3n) is 2.92. The number of ether oxygens (including phenoxy) is 1. The van der Waals surface area contributed by atoms with Crippen LogP contribution in [0.1, 0.15) is 25.8 Å². The van der Waals surface area contributed by atoms with Gasteiger partial charge in [-0.25, -0.2) is 0 Å². The molecule has 1 N–H and O–H groups in total. The fourth-order valence-electron chi connectivity index (χ4n) is 1.85. The normalized spacial score (nSPS) is 10.1. The molecule has 0 saturated carbocycles. The topological polar surface area (TPSA) is 66.8 Å². The van der Waals surface area contributed by atoms with Gasteiger partial charge in [-0.3, -0.25) is 9.59 Å². The molecule has 20 heavy (non-hydrogen) atoms. The van der Waals surface area contributed by atoms with Gasteiger partial charge >= 0.3 is 5.97 Å². The Bertz CT molecular complexity index is 442. The smallest absolute Gasteiger partial charge is 0.305 e. The van der Waals surface area contributed by atoms with E-state index in [0.717, 1.165) is 11.3 Å². The minimum Gasteiger partial charge on any atom is -0.494 e. The number of aliphatic carboxylic acids is 1. The first-order valence-electron chi connectivity index (χ1n) is 6.78. The first kappa shape index (κ1) is 16.0. The second-order valence-electron chi connectivity index (χ2n) is 4.37. The highest BCUT2D eigenvalue weighted by molar-refractivity contribution is 5.79. The van der Waals surface area contributed by atoms with Crippen molar-refractivity contribution in [2.24, 2.45) is 0 Å². The molecular weight excluding hydrogens is 258 g/mol. The average molecular weight is 279 g/mol. The SMILES string of the molecule is CCOc1ccc(CC(=O)N(CC)CCC(=O)O)cc1. The number of nitrogens with zero attached hydrogens (tertiary/aromatic N) is 1. The quantitative estimate of drug-likeness (QED) is 0.790. The summed E-state index contributed by atoms with van der Waals surface area (Å²) in [5, 5.41) is 8.66. The van der Waals surface area contributed by atoms with E-state index in [1.54, 1.807) is 4.90 Å². The molecule has 0 aliphatic carbocycles. The molecular formula is C15H21NO4. The molecule has 5 heteroatoms. The Morgan fingerprint density at radius 1 is 1.20 bits per heavy atom. The van der Waals surface area contributed by atoms with Crippen molar-refractivity contribution >= 4 is 11.9 Å². The molecule has 0 bridgehead atoms. The number of carboxylic acids is 1. The molecule has 5 nitrogen and oxygen atoms in total. The van der Waals surface area contributed by atoms with E-state index in [1.807, 2.05) is 38.1 Å². The highest BCUT2D eigenvalue weighted by atomic mass is 16.5. The van der Waals surface area contributed by atoms with Gasteiger partial charge < -0.3 is 14.7 Å². The molecule has 1 aromatic carbocycles. The van der Waals surface area contributed by atoms with Crippen LogP contribution in [-0.4, -0.2) is 41.6 Å². The zero-order valence-corrected chi connectivity index (χ0v) is 12.0. The van der Waals surface area contributed by atoms with Gasteiger partial charge in [0.1, 0.15) is 5.75 Å². The van der Waals surface area contributed by atoms with Gasteiger partial charge in [0, 0.05) is 13.1 Å². The third kappa shape index (κ3) is 5.30. The van der Waals surface area contributed by atoms with Gasteiger partial charge in [-0.2, -0.15) is 0 Å². The van der Waals surface area contributed by atoms with E-state index in [1.165, 1.54) is 0 Å². The van der Waals surface area contributed by atoms with Crippen LogP contribution in [0.2, 0.25) is 0 Å². The highest BCUT2D eigenvalue weighted by Crippen LogP contribution is 2.13. The molecule has 0 aromatic heterocycles. The molecule has 1 rings (SSSR count). The average Bonchev–Trinajstić information content (AvgIpc) is 2.41. The van der Waals surface area contributed by atoms with Crippen molar-refractivity contribution in [1.29, 1.82) is 0 Å². The van der Waals surface area contributed by atoms with Gasteiger partial charge in [-0.05, 0) is 31.5 Å². The van der Waals surface area contributed by atoms with E-state index in [0.29, 0.717) is 13.2 Å². The van der Waals surface area contributed by atoms with Gasteiger partial charge in [-0.1, -0.05) is 12.1 Å². The number of benzene rings is 1. The number of carbonyl (C=O) groups excluding carboxylic acids is 1. The molecule has 0 unspecified atom stereocenters. The monoisotopic (exact) mass is 279 g/mol. The molecule has 0 aliphatic rings. The lowest BCUT2D eigenvalue weighted by molar-refractivity contribution is -0.138. The van der Waals surface area contributed by atoms with E-state index in [2.05, 4.69) is 0 Å². The standard InChI is InChI=1S/C15H21NO4/c1-3-16(10-9-15(18)19)14(17)11-12-5-7-13(8-6-12)20-4-2/h5-8H,3-4,9-11H2,1-2H3,(H,18,19). The summed E-state index contributed by atoms with van der Waals surface area (Å²) >= 11 is 0. The van der Waals surface area contributed by atoms with Crippen LogP contribution in [0, 0.1) is 0 Å². The summed E-state index contributed by atoms with van der Waals surface area (Å²) in [6.07, 6.45) is 0.253. The molecule has 0 aliphatic heterocycles. The second-order valence-corrected chi connectivity index (χ2v) is 4.37. The number of hydrogen-bond acceptors (Lipinski definition) is 3. The van der Waals surface area contributed by atoms with E-state index in [4.69, 9.17) is 9.84 Å². The molecule has 1 aromatic rings. The predicted octanol–water partition coefficient (Wildman–Crippen LogP) is 1.95. The summed E-state index contributed by atoms with van der Waals surface area (Å²) in [6.45, 7) is 5.14. The molecule has 1 amide bonds. The zero-order chi connectivity index (χ0) is 15.0. The molecule has 0 atom stereocenters. The Morgan fingerprint density at radius 3 is 2.35 bits per heavy atom. The van der Waals surface area contributed by atoms with Gasteiger partial charge in [-0.15, -0.1) is 0 Å². The number of carboxylic acid groups (broad SMARTS) is 1. The van der Waals surface area contributed by atoms with E-state index in [9.17, 15) is 9.59 Å². The zero-order valence-electron chi connectivity index (χ0n) is 12.0. The maximum Gasteiger partial charge on any atom is 0.305 e. The Labute approximate surface area is 119 Å². The minimum atomic E-state index is -0.891. The van der Waals surface area contributed by atoms with Crippen molar-refractivity contribution < 1.29 is 19.4 Å². The van der Waals surface area contributed by atoms with Gasteiger partial charge in [0.25, 0.3) is 0 Å². The van der Waals surface area contributed by atoms with Gasteiger partial charge in [0.2, 0.25) is 5.91 Å². The molecule has 110 valence electrons. The van der Waals surface area contributed by atoms with Gasteiger partial charge in [0.05, 0.1) is 19.4 Å². The Kier molecular flexibility index (Phi) is 6.56. The molecule has 0 saturated heterocycles. The third-order valence-corrected chi connectivity index (χ3v) is 2.92. The number of rotatable bonds is 8. The van der Waals surface area contributed by atoms with Crippen LogP contribution in [0.25, 0.3) is 0 Å². The van der Waals surface area contributed by atoms with Crippen LogP contribution in [0.5, 0.6) is 5.75 Å². The van der Waals surface area contributed by atoms with Crippen LogP contribution in [0.4, 0.5) is 0 Å². The second kappa shape index (κ2) is 8.19. The van der Waals surface area contributed by atoms with Crippen molar-refractivity contribution in [2.45, 2.75) is 26.7 Å². The van der Waals surface area contributed by atoms with Crippen LogP contribution >= 0.6 is 0 Å². The van der Waals surface area contributed by atoms with Crippen molar-refractivity contribution in [3.8, 4) is 5.75 Å². The first-order valence-corrected chi connectivity index (χ1v) is 6.78. The maximum atomic E-state index is 12.1. The first-order chi connectivity index (χ1) is 9.56. The number of amides is 1. The van der Waals surface area contributed by atoms with Gasteiger partial charge in [0.15, 0.2) is 0 Å².